The van der Waals surface area contributed by atoms with Gasteiger partial charge in [0.2, 0.25) is 0 Å². The van der Waals surface area contributed by atoms with Crippen molar-refractivity contribution in [3.05, 3.63) is 64.5 Å². The highest BCUT2D eigenvalue weighted by Gasteiger charge is 2.03. The number of thiophene rings is 1. The molecule has 2 heterocycles. The Kier molecular flexibility index (Phi) is 8.84. The molecule has 26 heavy (non-hydrogen) atoms. The molecule has 3 aromatic rings. The molecule has 4 nitrogen and oxygen atoms in total. The molecule has 138 valence electrons. The zero-order valence-electron chi connectivity index (χ0n) is 14.9. The molecule has 6 heteroatoms. The van der Waals surface area contributed by atoms with Gasteiger partial charge < -0.3 is 10.6 Å². The molecule has 0 bridgehead atoms. The second kappa shape index (κ2) is 11.1. The molecule has 0 saturated carbocycles. The normalized spacial score (nSPS) is 11.2. The van der Waals surface area contributed by atoms with E-state index in [4.69, 9.17) is 0 Å². The van der Waals surface area contributed by atoms with E-state index in [1.807, 2.05) is 12.3 Å². The molecule has 0 aliphatic heterocycles. The van der Waals surface area contributed by atoms with E-state index in [2.05, 4.69) is 69.3 Å². The summed E-state index contributed by atoms with van der Waals surface area (Å²) in [6.45, 7) is 4.58. The second-order valence-electron chi connectivity index (χ2n) is 5.76. The van der Waals surface area contributed by atoms with Gasteiger partial charge in [0.1, 0.15) is 0 Å². The van der Waals surface area contributed by atoms with Crippen molar-refractivity contribution in [2.75, 3.05) is 19.6 Å². The average molecular weight is 480 g/mol. The predicted octanol–water partition coefficient (Wildman–Crippen LogP) is 4.25. The third-order valence-corrected chi connectivity index (χ3v) is 4.89. The number of aliphatic imine (C=N–C) groups is 1. The van der Waals surface area contributed by atoms with Crippen LogP contribution in [-0.4, -0.2) is 30.6 Å². The lowest BCUT2D eigenvalue weighted by molar-refractivity contribution is 0.799. The molecule has 3 rings (SSSR count). The Morgan fingerprint density at radius 3 is 2.77 bits per heavy atom. The van der Waals surface area contributed by atoms with Crippen molar-refractivity contribution in [2.45, 2.75) is 19.8 Å². The maximum absolute atomic E-state index is 4.67. The molecule has 0 fully saturated rings. The van der Waals surface area contributed by atoms with E-state index in [1.54, 1.807) is 11.3 Å². The summed E-state index contributed by atoms with van der Waals surface area (Å²) in [5, 5.41) is 10.0. The number of halogens is 1. The topological polar surface area (TPSA) is 49.3 Å². The smallest absolute Gasteiger partial charge is 0.191 e. The summed E-state index contributed by atoms with van der Waals surface area (Å²) in [5.41, 5.74) is 2.35. The standard InChI is InChI=1S/C20H24N4S.HI/c1-2-21-20(24-14-11-18-9-5-15-25-18)23-13-10-17-7-3-6-16-8-4-12-22-19(16)17;/h3-9,12,15H,2,10-11,13-14H2,1H3,(H2,21,23,24);1H. The molecular weight excluding hydrogens is 455 g/mol. The van der Waals surface area contributed by atoms with E-state index in [1.165, 1.54) is 15.8 Å². The predicted molar refractivity (Wildman–Crippen MR) is 123 cm³/mol. The molecule has 2 aromatic heterocycles. The first kappa shape index (κ1) is 20.6. The Hall–Kier alpha value is -1.67. The van der Waals surface area contributed by atoms with E-state index in [0.717, 1.165) is 44.0 Å². The second-order valence-corrected chi connectivity index (χ2v) is 6.79. The maximum atomic E-state index is 4.67. The largest absolute Gasteiger partial charge is 0.357 e. The van der Waals surface area contributed by atoms with Gasteiger partial charge >= 0.3 is 0 Å². The van der Waals surface area contributed by atoms with Gasteiger partial charge in [0.25, 0.3) is 0 Å². The average Bonchev–Trinajstić information content (AvgIpc) is 3.15. The highest BCUT2D eigenvalue weighted by Crippen LogP contribution is 2.16. The fourth-order valence-electron chi connectivity index (χ4n) is 2.76. The van der Waals surface area contributed by atoms with Gasteiger partial charge in [0.05, 0.1) is 5.52 Å². The fraction of sp³-hybridized carbons (Fsp3) is 0.300. The zero-order valence-corrected chi connectivity index (χ0v) is 18.1. The third kappa shape index (κ3) is 5.95. The quantitative estimate of drug-likeness (QED) is 0.302. The Labute approximate surface area is 176 Å². The lowest BCUT2D eigenvalue weighted by Crippen LogP contribution is -2.38. The number of benzene rings is 1. The number of hydrogen-bond acceptors (Lipinski definition) is 3. The van der Waals surface area contributed by atoms with Crippen LogP contribution in [0.4, 0.5) is 0 Å². The van der Waals surface area contributed by atoms with Crippen molar-refractivity contribution in [3.63, 3.8) is 0 Å². The number of rotatable bonds is 7. The van der Waals surface area contributed by atoms with Crippen LogP contribution < -0.4 is 10.6 Å². The molecule has 0 saturated heterocycles. The number of para-hydroxylation sites is 1. The first-order valence-corrected chi connectivity index (χ1v) is 9.62. The molecule has 0 spiro atoms. The van der Waals surface area contributed by atoms with E-state index in [0.29, 0.717) is 0 Å². The molecular formula is C20H25IN4S. The Morgan fingerprint density at radius 1 is 1.08 bits per heavy atom. The van der Waals surface area contributed by atoms with E-state index in [-0.39, 0.29) is 24.0 Å². The number of nitrogens with one attached hydrogen (secondary N) is 2. The van der Waals surface area contributed by atoms with Crippen molar-refractivity contribution < 1.29 is 0 Å². The van der Waals surface area contributed by atoms with Gasteiger partial charge in [-0.25, -0.2) is 0 Å². The van der Waals surface area contributed by atoms with Crippen LogP contribution in [0, 0.1) is 0 Å². The Bertz CT molecular complexity index is 812. The maximum Gasteiger partial charge on any atom is 0.191 e. The highest BCUT2D eigenvalue weighted by molar-refractivity contribution is 14.0. The van der Waals surface area contributed by atoms with Crippen molar-refractivity contribution in [2.24, 2.45) is 4.99 Å². The number of nitrogens with zero attached hydrogens (tertiary/aromatic N) is 2. The molecule has 0 amide bonds. The van der Waals surface area contributed by atoms with E-state index < -0.39 is 0 Å². The SMILES string of the molecule is CCNC(=NCCc1cccs1)NCCc1cccc2cccnc12.I. The third-order valence-electron chi connectivity index (χ3n) is 3.96. The number of aromatic nitrogens is 1. The van der Waals surface area contributed by atoms with Crippen LogP contribution in [0.2, 0.25) is 0 Å². The molecule has 0 aliphatic carbocycles. The first-order chi connectivity index (χ1) is 12.4. The van der Waals surface area contributed by atoms with Gasteiger partial charge in [-0.3, -0.25) is 9.98 Å². The van der Waals surface area contributed by atoms with Crippen LogP contribution in [0.25, 0.3) is 10.9 Å². The van der Waals surface area contributed by atoms with Gasteiger partial charge in [0.15, 0.2) is 5.96 Å². The van der Waals surface area contributed by atoms with Crippen LogP contribution in [0.5, 0.6) is 0 Å². The van der Waals surface area contributed by atoms with Gasteiger partial charge in [-0.05, 0) is 36.4 Å². The van der Waals surface area contributed by atoms with Crippen molar-refractivity contribution >= 4 is 52.2 Å². The van der Waals surface area contributed by atoms with E-state index >= 15 is 0 Å². The summed E-state index contributed by atoms with van der Waals surface area (Å²) < 4.78 is 0. The summed E-state index contributed by atoms with van der Waals surface area (Å²) in [5.74, 6) is 0.882. The minimum atomic E-state index is 0. The lowest BCUT2D eigenvalue weighted by Gasteiger charge is -2.12. The number of guanidine groups is 1. The van der Waals surface area contributed by atoms with Crippen LogP contribution >= 0.6 is 35.3 Å². The Balaban J connectivity index is 0.00000243. The van der Waals surface area contributed by atoms with Crippen LogP contribution in [0.3, 0.4) is 0 Å². The van der Waals surface area contributed by atoms with Crippen LogP contribution in [-0.2, 0) is 12.8 Å². The van der Waals surface area contributed by atoms with Crippen molar-refractivity contribution in [1.29, 1.82) is 0 Å². The molecule has 0 unspecified atom stereocenters. The van der Waals surface area contributed by atoms with Gasteiger partial charge in [-0.2, -0.15) is 0 Å². The summed E-state index contributed by atoms with van der Waals surface area (Å²) in [6.07, 6.45) is 3.76. The summed E-state index contributed by atoms with van der Waals surface area (Å²) in [4.78, 5) is 10.6. The number of hydrogen-bond donors (Lipinski definition) is 2. The molecule has 0 atom stereocenters. The molecule has 0 radical (unpaired) electrons. The monoisotopic (exact) mass is 480 g/mol. The highest BCUT2D eigenvalue weighted by atomic mass is 127. The van der Waals surface area contributed by atoms with Gasteiger partial charge in [-0.15, -0.1) is 35.3 Å². The van der Waals surface area contributed by atoms with Crippen molar-refractivity contribution in [1.82, 2.24) is 15.6 Å². The molecule has 1 aromatic carbocycles. The lowest BCUT2D eigenvalue weighted by atomic mass is 10.1. The summed E-state index contributed by atoms with van der Waals surface area (Å²) >= 11 is 1.79. The molecule has 2 N–H and O–H groups in total. The minimum Gasteiger partial charge on any atom is -0.357 e. The Morgan fingerprint density at radius 2 is 1.96 bits per heavy atom. The molecule has 0 aliphatic rings. The van der Waals surface area contributed by atoms with Crippen molar-refractivity contribution in [3.8, 4) is 0 Å². The number of pyridine rings is 1. The van der Waals surface area contributed by atoms with Crippen LogP contribution in [0.15, 0.2) is 59.0 Å². The van der Waals surface area contributed by atoms with Gasteiger partial charge in [0, 0.05) is 42.5 Å². The first-order valence-electron chi connectivity index (χ1n) is 8.74. The van der Waals surface area contributed by atoms with E-state index in [9.17, 15) is 0 Å². The fourth-order valence-corrected chi connectivity index (χ4v) is 3.46. The van der Waals surface area contributed by atoms with Gasteiger partial charge in [-0.1, -0.05) is 30.3 Å². The minimum absolute atomic E-state index is 0. The number of fused-ring (bicyclic) bond motifs is 1. The zero-order chi connectivity index (χ0) is 17.3. The summed E-state index contributed by atoms with van der Waals surface area (Å²) in [7, 11) is 0. The van der Waals surface area contributed by atoms with Crippen LogP contribution in [0.1, 0.15) is 17.4 Å². The summed E-state index contributed by atoms with van der Waals surface area (Å²) in [6, 6.07) is 14.7.